The molecule has 0 radical (unpaired) electrons. The number of ether oxygens (including phenoxy) is 3. The van der Waals surface area contributed by atoms with E-state index in [1.807, 2.05) is 0 Å². The van der Waals surface area contributed by atoms with Crippen molar-refractivity contribution in [3.05, 3.63) is 102 Å². The first-order chi connectivity index (χ1) is 17.3. The summed E-state index contributed by atoms with van der Waals surface area (Å²) in [7, 11) is 3.00. The molecule has 7 nitrogen and oxygen atoms in total. The molecule has 0 bridgehead atoms. The first kappa shape index (κ1) is 25.4. The highest BCUT2D eigenvalue weighted by Crippen LogP contribution is 2.36. The summed E-state index contributed by atoms with van der Waals surface area (Å²) < 4.78 is 32.2. The summed E-state index contributed by atoms with van der Waals surface area (Å²) in [5.41, 5.74) is 0.782. The van der Waals surface area contributed by atoms with Crippen LogP contribution >= 0.6 is 22.9 Å². The normalized spacial score (nSPS) is 15.2. The third kappa shape index (κ3) is 4.59. The molecule has 0 amide bonds. The largest absolute Gasteiger partial charge is 0.493 e. The molecular formula is C26H22ClFN2O5S. The van der Waals surface area contributed by atoms with Gasteiger partial charge in [0.1, 0.15) is 12.4 Å². The number of fused-ring (bicyclic) bond motifs is 1. The van der Waals surface area contributed by atoms with Gasteiger partial charge in [-0.15, -0.1) is 0 Å². The van der Waals surface area contributed by atoms with E-state index in [-0.39, 0.29) is 27.3 Å². The minimum absolute atomic E-state index is 0.00945. The summed E-state index contributed by atoms with van der Waals surface area (Å²) in [6.07, 6.45) is 2.84. The Hall–Kier alpha value is -3.69. The van der Waals surface area contributed by atoms with Gasteiger partial charge >= 0.3 is 5.97 Å². The van der Waals surface area contributed by atoms with Gasteiger partial charge in [-0.1, -0.05) is 47.7 Å². The van der Waals surface area contributed by atoms with E-state index in [1.165, 1.54) is 49.1 Å². The number of esters is 1. The van der Waals surface area contributed by atoms with Crippen molar-refractivity contribution in [1.82, 2.24) is 4.57 Å². The summed E-state index contributed by atoms with van der Waals surface area (Å²) >= 11 is 7.25. The molecule has 0 spiro atoms. The number of rotatable bonds is 7. The van der Waals surface area contributed by atoms with Crippen molar-refractivity contribution in [1.29, 1.82) is 0 Å². The van der Waals surface area contributed by atoms with E-state index in [0.717, 1.165) is 11.3 Å². The maximum absolute atomic E-state index is 14.4. The number of carbonyl (C=O) groups excluding carboxylic acids is 1. The molecule has 4 rings (SSSR count). The second-order valence-electron chi connectivity index (χ2n) is 7.72. The lowest BCUT2D eigenvalue weighted by atomic mass is 9.95. The quantitative estimate of drug-likeness (QED) is 0.344. The van der Waals surface area contributed by atoms with Crippen molar-refractivity contribution >= 4 is 35.0 Å². The molecule has 2 heterocycles. The first-order valence-electron chi connectivity index (χ1n) is 10.8. The van der Waals surface area contributed by atoms with E-state index in [1.54, 1.807) is 25.1 Å². The Morgan fingerprint density at radius 2 is 2.00 bits per heavy atom. The minimum Gasteiger partial charge on any atom is -0.493 e. The molecule has 0 saturated heterocycles. The summed E-state index contributed by atoms with van der Waals surface area (Å²) in [5, 5.41) is 0.169. The van der Waals surface area contributed by atoms with E-state index in [0.29, 0.717) is 27.6 Å². The Bertz CT molecular complexity index is 1550. The van der Waals surface area contributed by atoms with Crippen LogP contribution in [0.4, 0.5) is 4.39 Å². The molecule has 36 heavy (non-hydrogen) atoms. The fraction of sp³-hybridized carbons (Fsp3) is 0.192. The SMILES string of the molecule is C=CCOC(=O)C1=C(C)N=c2sc(=Cc3c(F)cccc3Cl)c(=O)n2C1c1ccc(OC)c(OC)c1. The van der Waals surface area contributed by atoms with E-state index in [4.69, 9.17) is 25.8 Å². The lowest BCUT2D eigenvalue weighted by molar-refractivity contribution is -0.138. The van der Waals surface area contributed by atoms with Crippen molar-refractivity contribution in [3.63, 3.8) is 0 Å². The predicted molar refractivity (Wildman–Crippen MR) is 136 cm³/mol. The Kier molecular flexibility index (Phi) is 7.42. The number of carbonyl (C=O) groups is 1. The van der Waals surface area contributed by atoms with Gasteiger partial charge < -0.3 is 14.2 Å². The van der Waals surface area contributed by atoms with Crippen molar-refractivity contribution in [2.75, 3.05) is 20.8 Å². The van der Waals surface area contributed by atoms with E-state index in [2.05, 4.69) is 11.6 Å². The van der Waals surface area contributed by atoms with Crippen LogP contribution in [0.3, 0.4) is 0 Å². The van der Waals surface area contributed by atoms with Crippen LogP contribution in [0.1, 0.15) is 24.1 Å². The molecule has 0 N–H and O–H groups in total. The third-order valence-corrected chi connectivity index (χ3v) is 6.88. The fourth-order valence-corrected chi connectivity index (χ4v) is 5.16. The monoisotopic (exact) mass is 528 g/mol. The zero-order chi connectivity index (χ0) is 26.0. The molecule has 3 aromatic rings. The summed E-state index contributed by atoms with van der Waals surface area (Å²) in [5.74, 6) is -0.292. The number of nitrogens with zero attached hydrogens (tertiary/aromatic N) is 2. The van der Waals surface area contributed by atoms with Crippen molar-refractivity contribution in [3.8, 4) is 11.5 Å². The lowest BCUT2D eigenvalue weighted by Gasteiger charge is -2.25. The molecule has 2 aromatic carbocycles. The zero-order valence-corrected chi connectivity index (χ0v) is 21.3. The lowest BCUT2D eigenvalue weighted by Crippen LogP contribution is -2.40. The van der Waals surface area contributed by atoms with Crippen LogP contribution in [-0.2, 0) is 9.53 Å². The molecule has 1 aromatic heterocycles. The fourth-order valence-electron chi connectivity index (χ4n) is 3.91. The van der Waals surface area contributed by atoms with Gasteiger partial charge in [-0.2, -0.15) is 0 Å². The highest BCUT2D eigenvalue weighted by molar-refractivity contribution is 7.07. The molecular weight excluding hydrogens is 507 g/mol. The van der Waals surface area contributed by atoms with Gasteiger partial charge in [-0.05, 0) is 42.8 Å². The number of hydrogen-bond acceptors (Lipinski definition) is 7. The standard InChI is InChI=1S/C26H22ClFN2O5S/c1-5-11-35-25(32)22-14(2)29-26-30(23(22)15-9-10-19(33-3)20(12-15)34-4)24(31)21(36-26)13-16-17(27)7-6-8-18(16)28/h5-10,12-13,23H,1,11H2,2-4H3. The van der Waals surface area contributed by atoms with Crippen molar-refractivity contribution in [2.24, 2.45) is 4.99 Å². The van der Waals surface area contributed by atoms with Gasteiger partial charge in [-0.3, -0.25) is 9.36 Å². The Balaban J connectivity index is 1.99. The van der Waals surface area contributed by atoms with Gasteiger partial charge in [0, 0.05) is 5.56 Å². The Morgan fingerprint density at radius 1 is 1.25 bits per heavy atom. The number of benzene rings is 2. The molecule has 0 aliphatic carbocycles. The van der Waals surface area contributed by atoms with Crippen LogP contribution in [0, 0.1) is 5.82 Å². The molecule has 0 fully saturated rings. The van der Waals surface area contributed by atoms with Gasteiger partial charge in [0.25, 0.3) is 5.56 Å². The Morgan fingerprint density at radius 3 is 2.67 bits per heavy atom. The summed E-state index contributed by atoms with van der Waals surface area (Å²) in [4.78, 5) is 31.6. The van der Waals surface area contributed by atoms with E-state index >= 15 is 0 Å². The van der Waals surface area contributed by atoms with Gasteiger partial charge in [-0.25, -0.2) is 14.2 Å². The van der Waals surface area contributed by atoms with Crippen LogP contribution in [0.5, 0.6) is 11.5 Å². The molecule has 186 valence electrons. The van der Waals surface area contributed by atoms with Crippen LogP contribution in [0.15, 0.2) is 70.1 Å². The number of halogens is 2. The van der Waals surface area contributed by atoms with Crippen LogP contribution in [-0.4, -0.2) is 31.4 Å². The number of hydrogen-bond donors (Lipinski definition) is 0. The number of allylic oxidation sites excluding steroid dienone is 1. The number of aromatic nitrogens is 1. The summed E-state index contributed by atoms with van der Waals surface area (Å²) in [6, 6.07) is 8.52. The van der Waals surface area contributed by atoms with Crippen LogP contribution in [0.25, 0.3) is 6.08 Å². The van der Waals surface area contributed by atoms with Crippen molar-refractivity contribution < 1.29 is 23.4 Å². The minimum atomic E-state index is -0.878. The second-order valence-corrected chi connectivity index (χ2v) is 9.13. The third-order valence-electron chi connectivity index (χ3n) is 5.57. The molecule has 1 aliphatic rings. The van der Waals surface area contributed by atoms with Gasteiger partial charge in [0.05, 0.1) is 41.1 Å². The zero-order valence-electron chi connectivity index (χ0n) is 19.7. The molecule has 1 aliphatic heterocycles. The average Bonchev–Trinajstić information content (AvgIpc) is 3.17. The predicted octanol–water partition coefficient (Wildman–Crippen LogP) is 3.77. The maximum atomic E-state index is 14.4. The maximum Gasteiger partial charge on any atom is 0.338 e. The highest BCUT2D eigenvalue weighted by atomic mass is 35.5. The van der Waals surface area contributed by atoms with Crippen molar-refractivity contribution in [2.45, 2.75) is 13.0 Å². The number of methoxy groups -OCH3 is 2. The molecule has 0 saturated carbocycles. The second kappa shape index (κ2) is 10.5. The van der Waals surface area contributed by atoms with Crippen LogP contribution in [0.2, 0.25) is 5.02 Å². The summed E-state index contributed by atoms with van der Waals surface area (Å²) in [6.45, 7) is 5.24. The first-order valence-corrected chi connectivity index (χ1v) is 12.0. The highest BCUT2D eigenvalue weighted by Gasteiger charge is 2.34. The Labute approximate surface area is 215 Å². The average molecular weight is 529 g/mol. The van der Waals surface area contributed by atoms with E-state index in [9.17, 15) is 14.0 Å². The molecule has 1 unspecified atom stereocenters. The molecule has 10 heteroatoms. The topological polar surface area (TPSA) is 79.1 Å². The van der Waals surface area contributed by atoms with Gasteiger partial charge in [0.2, 0.25) is 0 Å². The van der Waals surface area contributed by atoms with Gasteiger partial charge in [0.15, 0.2) is 16.3 Å². The number of thiazole rings is 1. The smallest absolute Gasteiger partial charge is 0.338 e. The van der Waals surface area contributed by atoms with E-state index < -0.39 is 23.4 Å². The molecule has 1 atom stereocenters. The van der Waals surface area contributed by atoms with Crippen LogP contribution < -0.4 is 24.4 Å².